The minimum absolute atomic E-state index is 0.0375. The lowest BCUT2D eigenvalue weighted by atomic mass is 10.0. The molecule has 8 heteroatoms. The van der Waals surface area contributed by atoms with E-state index in [-0.39, 0.29) is 17.9 Å². The number of benzene rings is 1. The molecule has 0 saturated carbocycles. The van der Waals surface area contributed by atoms with Gasteiger partial charge in [-0.05, 0) is 68.4 Å². The van der Waals surface area contributed by atoms with Gasteiger partial charge in [0.2, 0.25) is 11.8 Å². The second-order valence-electron chi connectivity index (χ2n) is 11.1. The summed E-state index contributed by atoms with van der Waals surface area (Å²) in [5, 5.41) is 4.54. The Hall–Kier alpha value is -3.52. The van der Waals surface area contributed by atoms with Crippen LogP contribution in [0.1, 0.15) is 60.7 Å². The van der Waals surface area contributed by atoms with Crippen LogP contribution >= 0.6 is 0 Å². The zero-order valence-corrected chi connectivity index (χ0v) is 23.6. The van der Waals surface area contributed by atoms with Crippen molar-refractivity contribution in [1.82, 2.24) is 24.6 Å². The number of rotatable bonds is 5. The van der Waals surface area contributed by atoms with Gasteiger partial charge >= 0.3 is 0 Å². The second kappa shape index (κ2) is 11.7. The fourth-order valence-corrected chi connectivity index (χ4v) is 6.40. The van der Waals surface area contributed by atoms with Crippen molar-refractivity contribution in [2.24, 2.45) is 7.05 Å². The first kappa shape index (κ1) is 27.1. The van der Waals surface area contributed by atoms with E-state index in [2.05, 4.69) is 34.0 Å². The highest BCUT2D eigenvalue weighted by atomic mass is 16.2. The van der Waals surface area contributed by atoms with Crippen molar-refractivity contribution in [2.75, 3.05) is 18.0 Å². The van der Waals surface area contributed by atoms with Gasteiger partial charge in [-0.2, -0.15) is 5.10 Å². The number of nitrogens with zero attached hydrogens (tertiary/aromatic N) is 6. The molecule has 0 spiro atoms. The first-order chi connectivity index (χ1) is 18.8. The molecule has 0 N–H and O–H groups in total. The molecule has 8 nitrogen and oxygen atoms in total. The highest BCUT2D eigenvalue weighted by Crippen LogP contribution is 2.33. The predicted molar refractivity (Wildman–Crippen MR) is 152 cm³/mol. The van der Waals surface area contributed by atoms with Gasteiger partial charge in [0.05, 0.1) is 5.69 Å². The zero-order chi connectivity index (χ0) is 27.5. The van der Waals surface area contributed by atoms with E-state index in [1.165, 1.54) is 5.56 Å². The molecule has 5 rings (SSSR count). The van der Waals surface area contributed by atoms with Gasteiger partial charge in [0.25, 0.3) is 0 Å². The van der Waals surface area contributed by atoms with Crippen LogP contribution in [0.5, 0.6) is 0 Å². The maximum atomic E-state index is 13.9. The molecule has 0 radical (unpaired) electrons. The maximum absolute atomic E-state index is 13.9. The van der Waals surface area contributed by atoms with Crippen molar-refractivity contribution in [1.29, 1.82) is 0 Å². The van der Waals surface area contributed by atoms with Crippen LogP contribution in [0.4, 0.5) is 5.69 Å². The summed E-state index contributed by atoms with van der Waals surface area (Å²) in [6.07, 6.45) is 7.85. The summed E-state index contributed by atoms with van der Waals surface area (Å²) in [5.41, 5.74) is 6.37. The van der Waals surface area contributed by atoms with Crippen LogP contribution in [-0.2, 0) is 36.1 Å². The quantitative estimate of drug-likeness (QED) is 0.497. The largest absolute Gasteiger partial charge is 0.337 e. The molecule has 0 aliphatic carbocycles. The van der Waals surface area contributed by atoms with Crippen LogP contribution in [0.2, 0.25) is 0 Å². The monoisotopic (exact) mass is 528 g/mol. The molecule has 1 fully saturated rings. The second-order valence-corrected chi connectivity index (χ2v) is 11.1. The fraction of sp³-hybridized carbons (Fsp3) is 0.484. The Labute approximate surface area is 231 Å². The van der Waals surface area contributed by atoms with E-state index in [4.69, 9.17) is 0 Å². The zero-order valence-electron chi connectivity index (χ0n) is 23.6. The highest BCUT2D eigenvalue weighted by molar-refractivity contribution is 5.92. The predicted octanol–water partition coefficient (Wildman–Crippen LogP) is 4.18. The lowest BCUT2D eigenvalue weighted by Gasteiger charge is -2.34. The highest BCUT2D eigenvalue weighted by Gasteiger charge is 2.36. The van der Waals surface area contributed by atoms with E-state index in [0.29, 0.717) is 38.5 Å². The molecule has 2 unspecified atom stereocenters. The van der Waals surface area contributed by atoms with Crippen molar-refractivity contribution >= 4 is 17.5 Å². The Morgan fingerprint density at radius 1 is 1.03 bits per heavy atom. The van der Waals surface area contributed by atoms with Gasteiger partial charge in [-0.25, -0.2) is 0 Å². The lowest BCUT2D eigenvalue weighted by molar-refractivity contribution is -0.132. The van der Waals surface area contributed by atoms with Gasteiger partial charge in [0.15, 0.2) is 0 Å². The molecule has 2 atom stereocenters. The number of hydrogen-bond donors (Lipinski definition) is 0. The average Bonchev–Trinajstić information content (AvgIpc) is 3.40. The number of hydrogen-bond acceptors (Lipinski definition) is 5. The summed E-state index contributed by atoms with van der Waals surface area (Å²) in [6.45, 7) is 8.35. The first-order valence-corrected chi connectivity index (χ1v) is 14.1. The molecule has 3 aromatic rings. The van der Waals surface area contributed by atoms with Crippen LogP contribution in [0.3, 0.4) is 0 Å². The summed E-state index contributed by atoms with van der Waals surface area (Å²) in [5.74, 6) is 0.182. The number of pyridine rings is 1. The van der Waals surface area contributed by atoms with Gasteiger partial charge in [-0.1, -0.05) is 24.3 Å². The number of anilines is 1. The molecule has 39 heavy (non-hydrogen) atoms. The maximum Gasteiger partial charge on any atom is 0.223 e. The third-order valence-corrected chi connectivity index (χ3v) is 8.60. The summed E-state index contributed by atoms with van der Waals surface area (Å²) in [4.78, 5) is 37.6. The van der Waals surface area contributed by atoms with E-state index in [0.717, 1.165) is 54.0 Å². The van der Waals surface area contributed by atoms with Gasteiger partial charge in [0.1, 0.15) is 0 Å². The van der Waals surface area contributed by atoms with E-state index >= 15 is 0 Å². The van der Waals surface area contributed by atoms with E-state index < -0.39 is 0 Å². The minimum Gasteiger partial charge on any atom is -0.337 e. The normalized spacial score (nSPS) is 20.0. The SMILES string of the molecule is CC(=O)N1CCC2CCC(CN(C(=O)CCc3c(C)nn(C)c3C)Cc3ccccc31)N2Cc1cccnc1. The summed E-state index contributed by atoms with van der Waals surface area (Å²) < 4.78 is 1.89. The van der Waals surface area contributed by atoms with Crippen molar-refractivity contribution < 1.29 is 9.59 Å². The van der Waals surface area contributed by atoms with Crippen molar-refractivity contribution in [3.05, 3.63) is 76.9 Å². The molecule has 1 saturated heterocycles. The molecule has 206 valence electrons. The fourth-order valence-electron chi connectivity index (χ4n) is 6.40. The minimum atomic E-state index is 0.0375. The van der Waals surface area contributed by atoms with Crippen LogP contribution in [0, 0.1) is 13.8 Å². The molecule has 2 bridgehead atoms. The Balaban J connectivity index is 1.46. The van der Waals surface area contributed by atoms with Crippen molar-refractivity contribution in [3.63, 3.8) is 0 Å². The Morgan fingerprint density at radius 2 is 1.82 bits per heavy atom. The summed E-state index contributed by atoms with van der Waals surface area (Å²) in [6, 6.07) is 12.8. The molecule has 2 aliphatic rings. The molecule has 2 amide bonds. The van der Waals surface area contributed by atoms with Crippen LogP contribution in [-0.4, -0.2) is 61.6 Å². The molecule has 2 aromatic heterocycles. The molecule has 4 heterocycles. The lowest BCUT2D eigenvalue weighted by Crippen LogP contribution is -2.45. The van der Waals surface area contributed by atoms with E-state index in [1.54, 1.807) is 13.1 Å². The number of carbonyl (C=O) groups excluding carboxylic acids is 2. The molecule has 1 aromatic carbocycles. The standard InChI is InChI=1S/C31H40N6O2/c1-22-29(23(2)34(4)33-22)13-14-31(39)35-20-26-9-5-6-10-30(26)36(24(3)38)17-15-27-11-12-28(21-35)37(27)19-25-8-7-16-32-18-25/h5-10,16,18,27-28H,11-15,17,19-21H2,1-4H3. The Morgan fingerprint density at radius 3 is 2.54 bits per heavy atom. The van der Waals surface area contributed by atoms with Crippen molar-refractivity contribution in [3.8, 4) is 0 Å². The van der Waals surface area contributed by atoms with Gasteiger partial charge < -0.3 is 9.80 Å². The van der Waals surface area contributed by atoms with Crippen molar-refractivity contribution in [2.45, 2.75) is 78.0 Å². The molecular weight excluding hydrogens is 488 g/mol. The first-order valence-electron chi connectivity index (χ1n) is 14.1. The molecular formula is C31H40N6O2. The van der Waals surface area contributed by atoms with E-state index in [1.807, 2.05) is 58.9 Å². The topological polar surface area (TPSA) is 74.6 Å². The number of amides is 2. The average molecular weight is 529 g/mol. The van der Waals surface area contributed by atoms with E-state index in [9.17, 15) is 9.59 Å². The van der Waals surface area contributed by atoms with Crippen LogP contribution in [0.25, 0.3) is 0 Å². The third-order valence-electron chi connectivity index (χ3n) is 8.60. The number of aryl methyl sites for hydroxylation is 2. The van der Waals surface area contributed by atoms with Gasteiger partial charge in [0, 0.05) is 82.4 Å². The smallest absolute Gasteiger partial charge is 0.223 e. The Bertz CT molecular complexity index is 1320. The van der Waals surface area contributed by atoms with Gasteiger partial charge in [-0.15, -0.1) is 0 Å². The van der Waals surface area contributed by atoms with Crippen LogP contribution < -0.4 is 4.90 Å². The number of fused-ring (bicyclic) bond motifs is 3. The third kappa shape index (κ3) is 5.91. The number of carbonyl (C=O) groups is 2. The summed E-state index contributed by atoms with van der Waals surface area (Å²) >= 11 is 0. The van der Waals surface area contributed by atoms with Gasteiger partial charge in [-0.3, -0.25) is 24.2 Å². The van der Waals surface area contributed by atoms with Crippen LogP contribution in [0.15, 0.2) is 48.8 Å². The Kier molecular flexibility index (Phi) is 8.12. The number of aromatic nitrogens is 3. The molecule has 2 aliphatic heterocycles. The summed E-state index contributed by atoms with van der Waals surface area (Å²) in [7, 11) is 1.95. The number of para-hydroxylation sites is 1.